The van der Waals surface area contributed by atoms with Crippen LogP contribution in [0.15, 0.2) is 35.2 Å². The van der Waals surface area contributed by atoms with Gasteiger partial charge in [0.2, 0.25) is 0 Å². The number of nitrogens with zero attached hydrogens (tertiary/aromatic N) is 4. The van der Waals surface area contributed by atoms with Gasteiger partial charge in [-0.1, -0.05) is 0 Å². The smallest absolute Gasteiger partial charge is 0.123 e. The molecule has 5 nitrogen and oxygen atoms in total. The Balaban J connectivity index is 2.13. The zero-order chi connectivity index (χ0) is 18.1. The molecule has 1 unspecified atom stereocenters. The minimum atomic E-state index is -0.774. The summed E-state index contributed by atoms with van der Waals surface area (Å²) in [5.41, 5.74) is 4.30. The Morgan fingerprint density at radius 3 is 2.56 bits per heavy atom. The summed E-state index contributed by atoms with van der Waals surface area (Å²) < 4.78 is 18.2. The van der Waals surface area contributed by atoms with E-state index in [1.54, 1.807) is 17.7 Å². The summed E-state index contributed by atoms with van der Waals surface area (Å²) in [4.78, 5) is 0. The molecular weight excluding hydrogens is 387 g/mol. The van der Waals surface area contributed by atoms with Crippen molar-refractivity contribution in [1.29, 1.82) is 0 Å². The van der Waals surface area contributed by atoms with Gasteiger partial charge in [-0.15, -0.1) is 0 Å². The van der Waals surface area contributed by atoms with Crippen molar-refractivity contribution in [1.82, 2.24) is 19.6 Å². The fraction of sp³-hybridized carbons (Fsp3) is 0.333. The first-order chi connectivity index (χ1) is 11.9. The molecule has 0 aliphatic heterocycles. The lowest BCUT2D eigenvalue weighted by molar-refractivity contribution is 0.199. The van der Waals surface area contributed by atoms with Crippen molar-refractivity contribution in [2.75, 3.05) is 0 Å². The van der Waals surface area contributed by atoms with Crippen LogP contribution in [0.1, 0.15) is 36.6 Å². The molecule has 25 heavy (non-hydrogen) atoms. The molecule has 0 amide bonds. The minimum Gasteiger partial charge on any atom is -0.389 e. The van der Waals surface area contributed by atoms with E-state index in [9.17, 15) is 9.50 Å². The number of hydrogen-bond donors (Lipinski definition) is 1. The second-order valence-electron chi connectivity index (χ2n) is 6.00. The Morgan fingerprint density at radius 2 is 1.96 bits per heavy atom. The average molecular weight is 407 g/mol. The molecule has 1 aromatic carbocycles. The van der Waals surface area contributed by atoms with Crippen LogP contribution >= 0.6 is 15.9 Å². The van der Waals surface area contributed by atoms with Crippen LogP contribution in [0.25, 0.3) is 11.3 Å². The third-order valence-corrected chi connectivity index (χ3v) is 5.27. The topological polar surface area (TPSA) is 55.9 Å². The van der Waals surface area contributed by atoms with Crippen LogP contribution in [-0.2, 0) is 20.0 Å². The first kappa shape index (κ1) is 17.8. The number of aromatic nitrogens is 4. The molecule has 0 aliphatic rings. The maximum absolute atomic E-state index is 13.7. The Labute approximate surface area is 154 Å². The largest absolute Gasteiger partial charge is 0.389 e. The lowest BCUT2D eigenvalue weighted by Crippen LogP contribution is -2.05. The molecule has 0 bridgehead atoms. The number of rotatable bonds is 5. The Kier molecular flexibility index (Phi) is 5.06. The highest BCUT2D eigenvalue weighted by Crippen LogP contribution is 2.33. The van der Waals surface area contributed by atoms with Crippen molar-refractivity contribution in [2.45, 2.75) is 32.9 Å². The molecule has 0 fully saturated rings. The number of halogens is 2. The zero-order valence-electron chi connectivity index (χ0n) is 14.4. The van der Waals surface area contributed by atoms with Gasteiger partial charge in [-0.05, 0) is 53.5 Å². The normalized spacial score (nSPS) is 12.6. The van der Waals surface area contributed by atoms with Gasteiger partial charge in [-0.25, -0.2) is 4.39 Å². The highest BCUT2D eigenvalue weighted by atomic mass is 79.9. The predicted molar refractivity (Wildman–Crippen MR) is 97.6 cm³/mol. The molecule has 0 spiro atoms. The van der Waals surface area contributed by atoms with E-state index in [0.29, 0.717) is 18.5 Å². The van der Waals surface area contributed by atoms with Crippen molar-refractivity contribution in [3.63, 3.8) is 0 Å². The van der Waals surface area contributed by atoms with Crippen molar-refractivity contribution < 1.29 is 9.50 Å². The predicted octanol–water partition coefficient (Wildman–Crippen LogP) is 3.85. The summed E-state index contributed by atoms with van der Waals surface area (Å²) in [5, 5.41) is 18.8. The SMILES string of the molecule is CCn1ncc(Cc2cnn(C)c2Br)c1-c1ccc(F)cc1C(C)O. The van der Waals surface area contributed by atoms with Crippen LogP contribution in [0.4, 0.5) is 4.39 Å². The first-order valence-corrected chi connectivity index (χ1v) is 8.90. The van der Waals surface area contributed by atoms with Crippen LogP contribution < -0.4 is 0 Å². The number of aryl methyl sites for hydroxylation is 2. The summed E-state index contributed by atoms with van der Waals surface area (Å²) >= 11 is 3.54. The Bertz CT molecular complexity index is 901. The maximum atomic E-state index is 13.7. The quantitative estimate of drug-likeness (QED) is 0.699. The van der Waals surface area contributed by atoms with E-state index in [0.717, 1.165) is 27.0 Å². The highest BCUT2D eigenvalue weighted by Gasteiger charge is 2.20. The standard InChI is InChI=1S/C18H20BrFN4O/c1-4-24-17(15-6-5-14(20)8-16(15)11(2)25)12(9-22-24)7-13-10-21-23(3)18(13)19/h5-6,8-11,25H,4,7H2,1-3H3. The lowest BCUT2D eigenvalue weighted by atomic mass is 9.96. The van der Waals surface area contributed by atoms with E-state index in [1.807, 2.05) is 31.0 Å². The van der Waals surface area contributed by atoms with Crippen LogP contribution in [0, 0.1) is 5.82 Å². The van der Waals surface area contributed by atoms with Gasteiger partial charge in [0.05, 0.1) is 24.2 Å². The van der Waals surface area contributed by atoms with Gasteiger partial charge in [0.15, 0.2) is 0 Å². The molecule has 3 aromatic rings. The lowest BCUT2D eigenvalue weighted by Gasteiger charge is -2.15. The third-order valence-electron chi connectivity index (χ3n) is 4.25. The molecule has 0 aliphatic carbocycles. The molecule has 7 heteroatoms. The fourth-order valence-corrected chi connectivity index (χ4v) is 3.33. The van der Waals surface area contributed by atoms with Gasteiger partial charge in [0.1, 0.15) is 10.4 Å². The van der Waals surface area contributed by atoms with Gasteiger partial charge < -0.3 is 5.11 Å². The molecule has 1 N–H and O–H groups in total. The second kappa shape index (κ2) is 7.09. The average Bonchev–Trinajstić information content (AvgIpc) is 3.13. The van der Waals surface area contributed by atoms with Crippen LogP contribution in [0.5, 0.6) is 0 Å². The minimum absolute atomic E-state index is 0.362. The summed E-state index contributed by atoms with van der Waals surface area (Å²) in [6.45, 7) is 4.33. The Morgan fingerprint density at radius 1 is 1.24 bits per heavy atom. The van der Waals surface area contributed by atoms with Crippen molar-refractivity contribution >= 4 is 15.9 Å². The van der Waals surface area contributed by atoms with E-state index in [2.05, 4.69) is 26.1 Å². The highest BCUT2D eigenvalue weighted by molar-refractivity contribution is 9.10. The Hall–Kier alpha value is -1.99. The van der Waals surface area contributed by atoms with Crippen molar-refractivity contribution in [2.24, 2.45) is 7.05 Å². The molecule has 132 valence electrons. The number of hydrogen-bond acceptors (Lipinski definition) is 3. The summed E-state index contributed by atoms with van der Waals surface area (Å²) in [7, 11) is 1.87. The molecule has 1 atom stereocenters. The van der Waals surface area contributed by atoms with Gasteiger partial charge in [0, 0.05) is 36.7 Å². The van der Waals surface area contributed by atoms with Gasteiger partial charge in [-0.3, -0.25) is 9.36 Å². The maximum Gasteiger partial charge on any atom is 0.123 e. The summed E-state index contributed by atoms with van der Waals surface area (Å²) in [6.07, 6.45) is 3.51. The van der Waals surface area contributed by atoms with Gasteiger partial charge in [0.25, 0.3) is 0 Å². The second-order valence-corrected chi connectivity index (χ2v) is 6.75. The van der Waals surface area contributed by atoms with Crippen molar-refractivity contribution in [3.8, 4) is 11.3 Å². The molecular formula is C18H20BrFN4O. The molecule has 3 rings (SSSR count). The zero-order valence-corrected chi connectivity index (χ0v) is 16.0. The van der Waals surface area contributed by atoms with Crippen LogP contribution in [0.2, 0.25) is 0 Å². The molecule has 2 aromatic heterocycles. The summed E-state index contributed by atoms with van der Waals surface area (Å²) in [5.74, 6) is -0.362. The number of aliphatic hydroxyl groups is 1. The van der Waals surface area contributed by atoms with E-state index in [-0.39, 0.29) is 5.82 Å². The van der Waals surface area contributed by atoms with Crippen LogP contribution in [0.3, 0.4) is 0 Å². The van der Waals surface area contributed by atoms with Crippen molar-refractivity contribution in [3.05, 3.63) is 57.7 Å². The van der Waals surface area contributed by atoms with E-state index < -0.39 is 6.10 Å². The molecule has 2 heterocycles. The number of benzene rings is 1. The molecule has 0 saturated heterocycles. The fourth-order valence-electron chi connectivity index (χ4n) is 2.99. The van der Waals surface area contributed by atoms with Gasteiger partial charge >= 0.3 is 0 Å². The molecule has 0 saturated carbocycles. The summed E-state index contributed by atoms with van der Waals surface area (Å²) in [6, 6.07) is 4.51. The third kappa shape index (κ3) is 3.39. The first-order valence-electron chi connectivity index (χ1n) is 8.11. The van der Waals surface area contributed by atoms with E-state index >= 15 is 0 Å². The van der Waals surface area contributed by atoms with E-state index in [1.165, 1.54) is 12.1 Å². The molecule has 0 radical (unpaired) electrons. The van der Waals surface area contributed by atoms with Gasteiger partial charge in [-0.2, -0.15) is 10.2 Å². The van der Waals surface area contributed by atoms with Crippen LogP contribution in [-0.4, -0.2) is 24.7 Å². The number of aliphatic hydroxyl groups excluding tert-OH is 1. The monoisotopic (exact) mass is 406 g/mol. The van der Waals surface area contributed by atoms with E-state index in [4.69, 9.17) is 0 Å².